The third-order valence-corrected chi connectivity index (χ3v) is 8.87. The van der Waals surface area contributed by atoms with Crippen LogP contribution >= 0.6 is 22.9 Å². The molecule has 0 bridgehead atoms. The highest BCUT2D eigenvalue weighted by atomic mass is 35.5. The van der Waals surface area contributed by atoms with Crippen LogP contribution in [0.25, 0.3) is 0 Å². The van der Waals surface area contributed by atoms with Crippen LogP contribution in [0, 0.1) is 0 Å². The van der Waals surface area contributed by atoms with Gasteiger partial charge in [-0.25, -0.2) is 16.8 Å². The molecule has 1 saturated heterocycles. The van der Waals surface area contributed by atoms with Gasteiger partial charge in [0, 0.05) is 26.2 Å². The van der Waals surface area contributed by atoms with Crippen molar-refractivity contribution in [2.75, 3.05) is 31.9 Å². The van der Waals surface area contributed by atoms with Crippen molar-refractivity contribution in [1.82, 2.24) is 8.61 Å². The molecule has 0 atom stereocenters. The first-order chi connectivity index (χ1) is 9.77. The van der Waals surface area contributed by atoms with Gasteiger partial charge in [0.2, 0.25) is 10.0 Å². The lowest BCUT2D eigenvalue weighted by Gasteiger charge is -2.32. The van der Waals surface area contributed by atoms with Gasteiger partial charge in [-0.05, 0) is 18.6 Å². The largest absolute Gasteiger partial charge is 0.252 e. The van der Waals surface area contributed by atoms with E-state index >= 15 is 0 Å². The molecule has 0 aromatic carbocycles. The lowest BCUT2D eigenvalue weighted by atomic mass is 10.4. The first-order valence-corrected chi connectivity index (χ1v) is 10.7. The van der Waals surface area contributed by atoms with Crippen molar-refractivity contribution in [3.8, 4) is 0 Å². The van der Waals surface area contributed by atoms with E-state index in [0.29, 0.717) is 10.8 Å². The van der Waals surface area contributed by atoms with E-state index in [-0.39, 0.29) is 36.1 Å². The van der Waals surface area contributed by atoms with Gasteiger partial charge < -0.3 is 0 Å². The number of halogens is 1. The van der Waals surface area contributed by atoms with Gasteiger partial charge in [0.05, 0.1) is 10.1 Å². The molecular weight excluding hydrogens is 356 g/mol. The van der Waals surface area contributed by atoms with Crippen LogP contribution in [0.2, 0.25) is 4.34 Å². The van der Waals surface area contributed by atoms with Crippen LogP contribution in [-0.2, 0) is 20.0 Å². The second kappa shape index (κ2) is 6.51. The van der Waals surface area contributed by atoms with Crippen molar-refractivity contribution < 1.29 is 16.8 Å². The van der Waals surface area contributed by atoms with Crippen LogP contribution in [0.4, 0.5) is 0 Å². The van der Waals surface area contributed by atoms with Crippen molar-refractivity contribution >= 4 is 43.0 Å². The molecule has 1 aromatic heterocycles. The van der Waals surface area contributed by atoms with Gasteiger partial charge in [-0.1, -0.05) is 18.5 Å². The van der Waals surface area contributed by atoms with Gasteiger partial charge in [0.1, 0.15) is 4.21 Å². The molecule has 120 valence electrons. The van der Waals surface area contributed by atoms with Gasteiger partial charge in [0.25, 0.3) is 10.0 Å². The highest BCUT2D eigenvalue weighted by molar-refractivity contribution is 7.91. The zero-order valence-corrected chi connectivity index (χ0v) is 14.7. The summed E-state index contributed by atoms with van der Waals surface area (Å²) in [5.74, 6) is 0.0975. The first kappa shape index (κ1) is 17.2. The molecule has 21 heavy (non-hydrogen) atoms. The monoisotopic (exact) mass is 372 g/mol. The topological polar surface area (TPSA) is 74.8 Å². The summed E-state index contributed by atoms with van der Waals surface area (Å²) in [4.78, 5) is 0. The maximum atomic E-state index is 12.4. The van der Waals surface area contributed by atoms with Crippen molar-refractivity contribution in [3.63, 3.8) is 0 Å². The van der Waals surface area contributed by atoms with Gasteiger partial charge in [-0.2, -0.15) is 8.61 Å². The summed E-state index contributed by atoms with van der Waals surface area (Å²) >= 11 is 6.78. The van der Waals surface area contributed by atoms with Crippen molar-refractivity contribution in [3.05, 3.63) is 16.5 Å². The fourth-order valence-corrected chi connectivity index (χ4v) is 6.69. The van der Waals surface area contributed by atoms with Gasteiger partial charge in [-0.15, -0.1) is 11.3 Å². The fraction of sp³-hybridized carbons (Fsp3) is 0.636. The lowest BCUT2D eigenvalue weighted by molar-refractivity contribution is 0.273. The number of piperazine rings is 1. The summed E-state index contributed by atoms with van der Waals surface area (Å²) in [6, 6.07) is 3.02. The van der Waals surface area contributed by atoms with Crippen LogP contribution in [0.15, 0.2) is 16.3 Å². The van der Waals surface area contributed by atoms with E-state index in [9.17, 15) is 16.8 Å². The molecule has 1 aliphatic rings. The Morgan fingerprint density at radius 3 is 2.14 bits per heavy atom. The fourth-order valence-electron chi connectivity index (χ4n) is 2.14. The lowest BCUT2D eigenvalue weighted by Crippen LogP contribution is -2.50. The number of rotatable bonds is 5. The molecule has 0 N–H and O–H groups in total. The number of thiophene rings is 1. The minimum Gasteiger partial charge on any atom is -0.212 e. The summed E-state index contributed by atoms with van der Waals surface area (Å²) in [6.07, 6.45) is 0.550. The number of nitrogens with zero attached hydrogens (tertiary/aromatic N) is 2. The van der Waals surface area contributed by atoms with E-state index in [1.807, 2.05) is 0 Å². The Bertz CT molecular complexity index is 691. The second-order valence-electron chi connectivity index (χ2n) is 4.68. The van der Waals surface area contributed by atoms with Crippen LogP contribution in [-0.4, -0.2) is 57.4 Å². The minimum absolute atomic E-state index is 0.0975. The van der Waals surface area contributed by atoms with Gasteiger partial charge in [0.15, 0.2) is 0 Å². The second-order valence-corrected chi connectivity index (χ2v) is 10.6. The highest BCUT2D eigenvalue weighted by Gasteiger charge is 2.33. The summed E-state index contributed by atoms with van der Waals surface area (Å²) in [6.45, 7) is 2.53. The van der Waals surface area contributed by atoms with Crippen LogP contribution in [0.1, 0.15) is 13.3 Å². The predicted octanol–water partition coefficient (Wildman–Crippen LogP) is 1.45. The molecule has 2 heterocycles. The summed E-state index contributed by atoms with van der Waals surface area (Å²) in [5, 5.41) is 0. The molecule has 0 saturated carbocycles. The molecule has 1 fully saturated rings. The molecule has 0 spiro atoms. The first-order valence-electron chi connectivity index (χ1n) is 6.50. The zero-order chi connectivity index (χ0) is 15.7. The van der Waals surface area contributed by atoms with Crippen LogP contribution in [0.3, 0.4) is 0 Å². The Balaban J connectivity index is 2.08. The SMILES string of the molecule is CCCS(=O)(=O)N1CCN(S(=O)(=O)c2ccc(Cl)s2)CC1. The van der Waals surface area contributed by atoms with Crippen molar-refractivity contribution in [2.24, 2.45) is 0 Å². The van der Waals surface area contributed by atoms with Gasteiger partial charge in [-0.3, -0.25) is 0 Å². The third-order valence-electron chi connectivity index (χ3n) is 3.20. The number of hydrogen-bond donors (Lipinski definition) is 0. The third kappa shape index (κ3) is 3.77. The molecule has 10 heteroatoms. The summed E-state index contributed by atoms with van der Waals surface area (Å²) < 4.78 is 52.0. The van der Waals surface area contributed by atoms with E-state index in [1.54, 1.807) is 13.0 Å². The van der Waals surface area contributed by atoms with E-state index in [2.05, 4.69) is 0 Å². The average molecular weight is 373 g/mol. The molecule has 0 amide bonds. The smallest absolute Gasteiger partial charge is 0.212 e. The van der Waals surface area contributed by atoms with Crippen LogP contribution < -0.4 is 0 Å². The van der Waals surface area contributed by atoms with Crippen LogP contribution in [0.5, 0.6) is 0 Å². The maximum absolute atomic E-state index is 12.4. The normalized spacial score (nSPS) is 19.0. The molecule has 1 aromatic rings. The predicted molar refractivity (Wildman–Crippen MR) is 83.7 cm³/mol. The molecule has 0 aliphatic carbocycles. The standard InChI is InChI=1S/C11H17ClN2O4S3/c1-2-9-20(15,16)13-5-7-14(8-6-13)21(17,18)11-4-3-10(12)19-11/h3-4H,2,5-9H2,1H3. The molecule has 2 rings (SSSR count). The number of hydrogen-bond acceptors (Lipinski definition) is 5. The van der Waals surface area contributed by atoms with E-state index in [0.717, 1.165) is 11.3 Å². The van der Waals surface area contributed by atoms with E-state index in [4.69, 9.17) is 11.6 Å². The maximum Gasteiger partial charge on any atom is 0.252 e. The Morgan fingerprint density at radius 2 is 1.67 bits per heavy atom. The molecular formula is C11H17ClN2O4S3. The summed E-state index contributed by atoms with van der Waals surface area (Å²) in [7, 11) is -6.85. The van der Waals surface area contributed by atoms with Crippen molar-refractivity contribution in [2.45, 2.75) is 17.6 Å². The van der Waals surface area contributed by atoms with E-state index in [1.165, 1.54) is 14.7 Å². The number of sulfonamides is 2. The molecule has 1 aliphatic heterocycles. The molecule has 6 nitrogen and oxygen atoms in total. The Hall–Kier alpha value is -0.190. The highest BCUT2D eigenvalue weighted by Crippen LogP contribution is 2.28. The quantitative estimate of drug-likeness (QED) is 0.783. The minimum atomic E-state index is -3.58. The molecule has 0 unspecified atom stereocenters. The van der Waals surface area contributed by atoms with E-state index < -0.39 is 20.0 Å². The summed E-state index contributed by atoms with van der Waals surface area (Å²) in [5.41, 5.74) is 0. The molecule has 0 radical (unpaired) electrons. The zero-order valence-electron chi connectivity index (χ0n) is 11.5. The average Bonchev–Trinajstić information content (AvgIpc) is 2.86. The Morgan fingerprint density at radius 1 is 1.10 bits per heavy atom. The van der Waals surface area contributed by atoms with Crippen molar-refractivity contribution in [1.29, 1.82) is 0 Å². The Kier molecular flexibility index (Phi) is 5.32. The van der Waals surface area contributed by atoms with Gasteiger partial charge >= 0.3 is 0 Å². The Labute approximate surface area is 134 Å².